The average molecular weight is 332 g/mol. The zero-order valence-electron chi connectivity index (χ0n) is 14.2. The van der Waals surface area contributed by atoms with E-state index in [-0.39, 0.29) is 31.2 Å². The van der Waals surface area contributed by atoms with Crippen LogP contribution in [-0.2, 0) is 4.74 Å². The van der Waals surface area contributed by atoms with E-state index >= 15 is 0 Å². The van der Waals surface area contributed by atoms with Crippen LogP contribution in [0, 0.1) is 28.1 Å². The second-order valence-electron chi connectivity index (χ2n) is 7.70. The number of likely N-dealkylation sites (tertiary alicyclic amines) is 1. The van der Waals surface area contributed by atoms with Crippen LogP contribution in [0.1, 0.15) is 46.0 Å². The molecular formula is C17H27F3N2O. The smallest absolute Gasteiger partial charge is 0.384 e. The van der Waals surface area contributed by atoms with Gasteiger partial charge >= 0.3 is 6.18 Å². The van der Waals surface area contributed by atoms with E-state index in [2.05, 4.69) is 19.9 Å². The SMILES string of the molecule is COCC1(C(F)(F)F)CN([C@H]2CC[C@](CC#N)(C(C)C)CC2)C1. The minimum absolute atomic E-state index is 0.0436. The van der Waals surface area contributed by atoms with E-state index in [0.717, 1.165) is 25.7 Å². The zero-order valence-corrected chi connectivity index (χ0v) is 14.2. The molecule has 2 rings (SSSR count). The highest BCUT2D eigenvalue weighted by Crippen LogP contribution is 2.51. The Balaban J connectivity index is 1.94. The lowest BCUT2D eigenvalue weighted by molar-refractivity contribution is -0.286. The van der Waals surface area contributed by atoms with Crippen LogP contribution in [-0.4, -0.2) is 43.9 Å². The quantitative estimate of drug-likeness (QED) is 0.763. The maximum atomic E-state index is 13.3. The number of halogens is 3. The van der Waals surface area contributed by atoms with Gasteiger partial charge < -0.3 is 4.74 Å². The normalized spacial score (nSPS) is 31.7. The molecule has 1 aliphatic carbocycles. The highest BCUT2D eigenvalue weighted by atomic mass is 19.4. The zero-order chi connectivity index (χ0) is 17.3. The molecule has 23 heavy (non-hydrogen) atoms. The third kappa shape index (κ3) is 3.36. The van der Waals surface area contributed by atoms with Crippen molar-refractivity contribution in [3.8, 4) is 6.07 Å². The first kappa shape index (κ1) is 18.5. The van der Waals surface area contributed by atoms with Crippen LogP contribution in [0.3, 0.4) is 0 Å². The molecule has 1 saturated carbocycles. The van der Waals surface area contributed by atoms with E-state index in [1.807, 2.05) is 4.90 Å². The molecule has 0 radical (unpaired) electrons. The van der Waals surface area contributed by atoms with Crippen molar-refractivity contribution in [3.05, 3.63) is 0 Å². The van der Waals surface area contributed by atoms with Gasteiger partial charge in [0.2, 0.25) is 0 Å². The van der Waals surface area contributed by atoms with Crippen LogP contribution in [0.5, 0.6) is 0 Å². The maximum absolute atomic E-state index is 13.3. The van der Waals surface area contributed by atoms with Crippen LogP contribution in [0.4, 0.5) is 13.2 Å². The first-order chi connectivity index (χ1) is 10.7. The Kier molecular flexibility index (Phi) is 5.32. The van der Waals surface area contributed by atoms with Crippen molar-refractivity contribution in [3.63, 3.8) is 0 Å². The summed E-state index contributed by atoms with van der Waals surface area (Å²) in [6.45, 7) is 4.12. The molecule has 132 valence electrons. The van der Waals surface area contributed by atoms with Crippen LogP contribution in [0.2, 0.25) is 0 Å². The van der Waals surface area contributed by atoms with Crippen molar-refractivity contribution in [1.82, 2.24) is 4.90 Å². The molecule has 2 aliphatic rings. The minimum atomic E-state index is -4.21. The average Bonchev–Trinajstić information content (AvgIpc) is 2.42. The summed E-state index contributed by atoms with van der Waals surface area (Å²) in [5, 5.41) is 9.08. The molecule has 6 heteroatoms. The van der Waals surface area contributed by atoms with Gasteiger partial charge in [-0.05, 0) is 37.0 Å². The van der Waals surface area contributed by atoms with Crippen molar-refractivity contribution in [2.45, 2.75) is 58.2 Å². The predicted octanol–water partition coefficient (Wildman–Crippen LogP) is 4.00. The Morgan fingerprint density at radius 1 is 1.26 bits per heavy atom. The van der Waals surface area contributed by atoms with Gasteiger partial charge in [0.05, 0.1) is 12.7 Å². The van der Waals surface area contributed by atoms with Crippen LogP contribution < -0.4 is 0 Å². The van der Waals surface area contributed by atoms with Gasteiger partial charge in [-0.1, -0.05) is 13.8 Å². The maximum Gasteiger partial charge on any atom is 0.399 e. The second-order valence-corrected chi connectivity index (χ2v) is 7.70. The predicted molar refractivity (Wildman–Crippen MR) is 81.7 cm³/mol. The molecule has 0 aromatic rings. The first-order valence-corrected chi connectivity index (χ1v) is 8.36. The summed E-state index contributed by atoms with van der Waals surface area (Å²) >= 11 is 0. The summed E-state index contributed by atoms with van der Waals surface area (Å²) in [5.41, 5.74) is -1.65. The van der Waals surface area contributed by atoms with Crippen molar-refractivity contribution in [2.75, 3.05) is 26.8 Å². The first-order valence-electron chi connectivity index (χ1n) is 8.36. The van der Waals surface area contributed by atoms with Gasteiger partial charge in [-0.25, -0.2) is 0 Å². The van der Waals surface area contributed by atoms with E-state index in [1.165, 1.54) is 7.11 Å². The standard InChI is InChI=1S/C17H27F3N2O/c1-13(2)15(8-9-21)6-4-14(5-7-15)22-10-16(11-22,12-23-3)17(18,19)20/h13-14H,4-8,10-12H2,1-3H3/t14-,15-. The monoisotopic (exact) mass is 332 g/mol. The number of nitriles is 1. The fourth-order valence-corrected chi connectivity index (χ4v) is 4.28. The summed E-state index contributed by atoms with van der Waals surface area (Å²) in [7, 11) is 1.33. The molecule has 0 atom stereocenters. The van der Waals surface area contributed by atoms with Crippen LogP contribution in [0.15, 0.2) is 0 Å². The third-order valence-corrected chi connectivity index (χ3v) is 6.16. The Labute approximate surface area is 136 Å². The van der Waals surface area contributed by atoms with Gasteiger partial charge in [-0.3, -0.25) is 4.90 Å². The van der Waals surface area contributed by atoms with Gasteiger partial charge in [0.1, 0.15) is 5.41 Å². The lowest BCUT2D eigenvalue weighted by Crippen LogP contribution is -2.68. The fraction of sp³-hybridized carbons (Fsp3) is 0.941. The summed E-state index contributed by atoms with van der Waals surface area (Å²) in [6, 6.07) is 2.52. The molecule has 0 aromatic carbocycles. The molecule has 0 spiro atoms. The number of nitrogens with zero attached hydrogens (tertiary/aromatic N) is 2. The van der Waals surface area contributed by atoms with E-state index in [0.29, 0.717) is 12.3 Å². The Morgan fingerprint density at radius 2 is 1.83 bits per heavy atom. The number of hydrogen-bond donors (Lipinski definition) is 0. The molecule has 0 unspecified atom stereocenters. The van der Waals surface area contributed by atoms with E-state index in [9.17, 15) is 13.2 Å². The number of methoxy groups -OCH3 is 1. The van der Waals surface area contributed by atoms with Gasteiger partial charge in [-0.2, -0.15) is 18.4 Å². The molecule has 0 bridgehead atoms. The molecule has 0 amide bonds. The van der Waals surface area contributed by atoms with Gasteiger partial charge in [0.15, 0.2) is 0 Å². The molecule has 3 nitrogen and oxygen atoms in total. The summed E-state index contributed by atoms with van der Waals surface area (Å²) in [5.74, 6) is 0.433. The van der Waals surface area contributed by atoms with E-state index in [4.69, 9.17) is 10.00 Å². The van der Waals surface area contributed by atoms with Crippen LogP contribution in [0.25, 0.3) is 0 Å². The molecule has 2 fully saturated rings. The lowest BCUT2D eigenvalue weighted by atomic mass is 9.63. The number of ether oxygens (including phenoxy) is 1. The molecule has 1 heterocycles. The minimum Gasteiger partial charge on any atom is -0.384 e. The van der Waals surface area contributed by atoms with E-state index in [1.54, 1.807) is 0 Å². The van der Waals surface area contributed by atoms with Gasteiger partial charge in [0.25, 0.3) is 0 Å². The third-order valence-electron chi connectivity index (χ3n) is 6.16. The van der Waals surface area contributed by atoms with Gasteiger partial charge in [0, 0.05) is 32.7 Å². The van der Waals surface area contributed by atoms with Crippen molar-refractivity contribution in [1.29, 1.82) is 5.26 Å². The Hall–Kier alpha value is -0.800. The topological polar surface area (TPSA) is 36.3 Å². The largest absolute Gasteiger partial charge is 0.399 e. The second kappa shape index (κ2) is 6.60. The molecule has 1 aliphatic heterocycles. The van der Waals surface area contributed by atoms with Crippen molar-refractivity contribution in [2.24, 2.45) is 16.7 Å². The summed E-state index contributed by atoms with van der Waals surface area (Å²) in [6.07, 6.45) is -0.0167. The summed E-state index contributed by atoms with van der Waals surface area (Å²) < 4.78 is 44.6. The lowest BCUT2D eigenvalue weighted by Gasteiger charge is -2.55. The molecule has 0 aromatic heterocycles. The number of alkyl halides is 3. The highest BCUT2D eigenvalue weighted by molar-refractivity contribution is 5.04. The molecule has 0 N–H and O–H groups in total. The Bertz CT molecular complexity index is 442. The highest BCUT2D eigenvalue weighted by Gasteiger charge is 2.62. The van der Waals surface area contributed by atoms with Gasteiger partial charge in [-0.15, -0.1) is 0 Å². The molecular weight excluding hydrogens is 305 g/mol. The number of hydrogen-bond acceptors (Lipinski definition) is 3. The van der Waals surface area contributed by atoms with Crippen molar-refractivity contribution >= 4 is 0 Å². The fourth-order valence-electron chi connectivity index (χ4n) is 4.28. The summed E-state index contributed by atoms with van der Waals surface area (Å²) in [4.78, 5) is 1.96. The molecule has 1 saturated heterocycles. The van der Waals surface area contributed by atoms with Crippen molar-refractivity contribution < 1.29 is 17.9 Å². The Morgan fingerprint density at radius 3 is 2.22 bits per heavy atom. The van der Waals surface area contributed by atoms with Crippen LogP contribution >= 0.6 is 0 Å². The van der Waals surface area contributed by atoms with E-state index < -0.39 is 11.6 Å². The number of rotatable bonds is 5.